The van der Waals surface area contributed by atoms with Crippen molar-refractivity contribution in [3.05, 3.63) is 24.9 Å². The second kappa shape index (κ2) is 9.95. The second-order valence-corrected chi connectivity index (χ2v) is 1.95. The predicted octanol–water partition coefficient (Wildman–Crippen LogP) is 2.58. The number of hydrogen-bond donors (Lipinski definition) is 0. The van der Waals surface area contributed by atoms with E-state index >= 15 is 0 Å². The summed E-state index contributed by atoms with van der Waals surface area (Å²) in [5.41, 5.74) is 0. The van der Waals surface area contributed by atoms with E-state index in [-0.39, 0.29) is 5.91 Å². The normalized spacial score (nSPS) is 8.67. The molecule has 0 heterocycles. The van der Waals surface area contributed by atoms with Crippen LogP contribution in [-0.4, -0.2) is 17.9 Å². The van der Waals surface area contributed by atoms with Crippen molar-refractivity contribution in [1.29, 1.82) is 0 Å². The number of carbonyl (C=O) groups is 1. The molecule has 0 N–H and O–H groups in total. The molecule has 0 saturated heterocycles. The van der Waals surface area contributed by atoms with Gasteiger partial charge in [0.2, 0.25) is 5.91 Å². The number of carbonyl (C=O) groups excluding carboxylic acids is 1. The molecule has 70 valence electrons. The fourth-order valence-electron chi connectivity index (χ4n) is 0.481. The van der Waals surface area contributed by atoms with Crippen LogP contribution in [0.4, 0.5) is 0 Å². The highest BCUT2D eigenvalue weighted by Crippen LogP contribution is 1.88. The number of rotatable bonds is 3. The van der Waals surface area contributed by atoms with Gasteiger partial charge in [-0.15, -0.1) is 0 Å². The minimum absolute atomic E-state index is 0.0790. The number of amides is 1. The van der Waals surface area contributed by atoms with E-state index < -0.39 is 0 Å². The molecule has 0 unspecified atom stereocenters. The Morgan fingerprint density at radius 2 is 2.00 bits per heavy atom. The number of nitrogens with zero attached hydrogens (tertiary/aromatic N) is 1. The van der Waals surface area contributed by atoms with Crippen LogP contribution in [0.2, 0.25) is 0 Å². The van der Waals surface area contributed by atoms with Crippen molar-refractivity contribution in [3.8, 4) is 0 Å². The summed E-state index contributed by atoms with van der Waals surface area (Å²) < 4.78 is 0. The Bertz CT molecular complexity index is 150. The van der Waals surface area contributed by atoms with Crippen LogP contribution in [0.5, 0.6) is 0 Å². The molecule has 0 aromatic rings. The van der Waals surface area contributed by atoms with Crippen LogP contribution in [-0.2, 0) is 4.79 Å². The van der Waals surface area contributed by atoms with Crippen LogP contribution < -0.4 is 0 Å². The molecule has 2 nitrogen and oxygen atoms in total. The molecule has 0 aromatic heterocycles. The van der Waals surface area contributed by atoms with E-state index in [1.165, 1.54) is 11.0 Å². The molecule has 0 aliphatic heterocycles. The van der Waals surface area contributed by atoms with Gasteiger partial charge in [0.1, 0.15) is 0 Å². The Morgan fingerprint density at radius 1 is 1.50 bits per heavy atom. The zero-order valence-corrected chi connectivity index (χ0v) is 8.50. The van der Waals surface area contributed by atoms with Gasteiger partial charge in [-0.05, 0) is 12.5 Å². The molecular weight excluding hydrogens is 150 g/mol. The highest BCUT2D eigenvalue weighted by atomic mass is 16.2. The standard InChI is InChI=1S/C8H13NO.C2H6/c1-4-6-7-9(3)8(10)5-2;1-2/h5-7H,2,4H2,1,3H3;1-2H3/b7-6-;. The first kappa shape index (κ1) is 13.5. The van der Waals surface area contributed by atoms with E-state index in [4.69, 9.17) is 0 Å². The molecule has 0 bridgehead atoms. The Morgan fingerprint density at radius 3 is 2.33 bits per heavy atom. The monoisotopic (exact) mass is 169 g/mol. The fraction of sp³-hybridized carbons (Fsp3) is 0.500. The predicted molar refractivity (Wildman–Crippen MR) is 53.7 cm³/mol. The van der Waals surface area contributed by atoms with Crippen LogP contribution in [0.3, 0.4) is 0 Å². The smallest absolute Gasteiger partial charge is 0.249 e. The highest BCUT2D eigenvalue weighted by molar-refractivity contribution is 5.87. The number of hydrogen-bond acceptors (Lipinski definition) is 1. The summed E-state index contributed by atoms with van der Waals surface area (Å²) in [5, 5.41) is 0. The molecule has 0 aliphatic rings. The maximum atomic E-state index is 10.8. The van der Waals surface area contributed by atoms with E-state index in [0.717, 1.165) is 6.42 Å². The van der Waals surface area contributed by atoms with Gasteiger partial charge in [0.15, 0.2) is 0 Å². The lowest BCUT2D eigenvalue weighted by Gasteiger charge is -2.06. The largest absolute Gasteiger partial charge is 0.319 e. The fourth-order valence-corrected chi connectivity index (χ4v) is 0.481. The van der Waals surface area contributed by atoms with Crippen LogP contribution in [0, 0.1) is 0 Å². The first-order chi connectivity index (χ1) is 5.72. The molecule has 0 saturated carbocycles. The van der Waals surface area contributed by atoms with Crippen LogP contribution in [0.15, 0.2) is 24.9 Å². The summed E-state index contributed by atoms with van der Waals surface area (Å²) in [5.74, 6) is -0.0790. The molecule has 0 rings (SSSR count). The minimum Gasteiger partial charge on any atom is -0.319 e. The topological polar surface area (TPSA) is 20.3 Å². The first-order valence-corrected chi connectivity index (χ1v) is 4.28. The third-order valence-electron chi connectivity index (χ3n) is 1.09. The van der Waals surface area contributed by atoms with Gasteiger partial charge >= 0.3 is 0 Å². The van der Waals surface area contributed by atoms with E-state index in [1.807, 2.05) is 26.8 Å². The summed E-state index contributed by atoms with van der Waals surface area (Å²) in [6, 6.07) is 0. The first-order valence-electron chi connectivity index (χ1n) is 4.28. The van der Waals surface area contributed by atoms with Gasteiger partial charge in [-0.25, -0.2) is 0 Å². The third-order valence-corrected chi connectivity index (χ3v) is 1.09. The van der Waals surface area contributed by atoms with Crippen LogP contribution >= 0.6 is 0 Å². The van der Waals surface area contributed by atoms with E-state index in [2.05, 4.69) is 6.58 Å². The zero-order valence-electron chi connectivity index (χ0n) is 8.50. The third kappa shape index (κ3) is 7.06. The van der Waals surface area contributed by atoms with Gasteiger partial charge in [0.05, 0.1) is 0 Å². The van der Waals surface area contributed by atoms with Crippen molar-refractivity contribution >= 4 is 5.91 Å². The molecular formula is C10H19NO. The van der Waals surface area contributed by atoms with Gasteiger partial charge in [0, 0.05) is 13.2 Å². The number of likely N-dealkylation sites (N-methyl/N-ethyl adjacent to an activating group) is 1. The quantitative estimate of drug-likeness (QED) is 0.595. The van der Waals surface area contributed by atoms with Crippen molar-refractivity contribution in [1.82, 2.24) is 4.90 Å². The average molecular weight is 169 g/mol. The summed E-state index contributed by atoms with van der Waals surface area (Å²) in [4.78, 5) is 12.3. The van der Waals surface area contributed by atoms with E-state index in [9.17, 15) is 4.79 Å². The zero-order chi connectivity index (χ0) is 9.98. The lowest BCUT2D eigenvalue weighted by Crippen LogP contribution is -2.17. The Labute approximate surface area is 75.6 Å². The second-order valence-electron chi connectivity index (χ2n) is 1.95. The molecule has 0 spiro atoms. The summed E-state index contributed by atoms with van der Waals surface area (Å²) in [6.45, 7) is 9.38. The highest BCUT2D eigenvalue weighted by Gasteiger charge is 1.96. The Balaban J connectivity index is 0. The van der Waals surface area contributed by atoms with Crippen molar-refractivity contribution in [2.24, 2.45) is 0 Å². The van der Waals surface area contributed by atoms with Gasteiger partial charge < -0.3 is 4.90 Å². The minimum atomic E-state index is -0.0790. The van der Waals surface area contributed by atoms with E-state index in [1.54, 1.807) is 13.2 Å². The summed E-state index contributed by atoms with van der Waals surface area (Å²) >= 11 is 0. The van der Waals surface area contributed by atoms with Crippen LogP contribution in [0.25, 0.3) is 0 Å². The van der Waals surface area contributed by atoms with Gasteiger partial charge in [-0.3, -0.25) is 4.79 Å². The van der Waals surface area contributed by atoms with E-state index in [0.29, 0.717) is 0 Å². The SMILES string of the molecule is C=CC(=O)N(C)/C=C\CC.CC. The molecule has 0 aromatic carbocycles. The van der Waals surface area contributed by atoms with Crippen molar-refractivity contribution in [3.63, 3.8) is 0 Å². The van der Waals surface area contributed by atoms with Crippen molar-refractivity contribution in [2.75, 3.05) is 7.05 Å². The lowest BCUT2D eigenvalue weighted by atomic mass is 10.4. The maximum Gasteiger partial charge on any atom is 0.249 e. The van der Waals surface area contributed by atoms with Crippen LogP contribution in [0.1, 0.15) is 27.2 Å². The Kier molecular flexibility index (Phi) is 11.2. The molecule has 0 fully saturated rings. The summed E-state index contributed by atoms with van der Waals surface area (Å²) in [7, 11) is 1.70. The van der Waals surface area contributed by atoms with Gasteiger partial charge in [0.25, 0.3) is 0 Å². The molecule has 1 amide bonds. The lowest BCUT2D eigenvalue weighted by molar-refractivity contribution is -0.122. The molecule has 0 atom stereocenters. The van der Waals surface area contributed by atoms with Crippen molar-refractivity contribution < 1.29 is 4.79 Å². The molecule has 2 heteroatoms. The Hall–Kier alpha value is -1.05. The van der Waals surface area contributed by atoms with Gasteiger partial charge in [-0.1, -0.05) is 33.4 Å². The average Bonchev–Trinajstić information content (AvgIpc) is 2.16. The number of allylic oxidation sites excluding steroid dienone is 1. The summed E-state index contributed by atoms with van der Waals surface area (Å²) in [6.07, 6.45) is 5.89. The molecule has 0 radical (unpaired) electrons. The van der Waals surface area contributed by atoms with Crippen molar-refractivity contribution in [2.45, 2.75) is 27.2 Å². The van der Waals surface area contributed by atoms with Gasteiger partial charge in [-0.2, -0.15) is 0 Å². The molecule has 12 heavy (non-hydrogen) atoms. The maximum absolute atomic E-state index is 10.8. The molecule has 0 aliphatic carbocycles.